The molecule has 0 atom stereocenters. The Kier molecular flexibility index (Phi) is 10.3. The van der Waals surface area contributed by atoms with Crippen LogP contribution in [-0.2, 0) is 16.6 Å². The first-order valence-corrected chi connectivity index (χ1v) is 15.6. The monoisotopic (exact) mass is 662 g/mol. The van der Waals surface area contributed by atoms with E-state index < -0.39 is 16.7 Å². The highest BCUT2D eigenvalue weighted by Gasteiger charge is 2.19. The first kappa shape index (κ1) is 33.2. The van der Waals surface area contributed by atoms with Crippen molar-refractivity contribution in [2.24, 2.45) is 7.05 Å². The van der Waals surface area contributed by atoms with Gasteiger partial charge in [0.05, 0.1) is 22.1 Å². The zero-order valence-corrected chi connectivity index (χ0v) is 26.7. The third kappa shape index (κ3) is 7.95. The van der Waals surface area contributed by atoms with E-state index in [1.807, 2.05) is 30.3 Å². The summed E-state index contributed by atoms with van der Waals surface area (Å²) in [6, 6.07) is 29.8. The Bertz CT molecular complexity index is 2060. The second-order valence-electron chi connectivity index (χ2n) is 10.5. The highest BCUT2D eigenvalue weighted by Crippen LogP contribution is 2.22. The zero-order chi connectivity index (χ0) is 34.2. The van der Waals surface area contributed by atoms with Crippen molar-refractivity contribution >= 4 is 52.6 Å². The topological polar surface area (TPSA) is 157 Å². The summed E-state index contributed by atoms with van der Waals surface area (Å²) in [6.45, 7) is 1.76. The van der Waals surface area contributed by atoms with Crippen molar-refractivity contribution in [1.29, 1.82) is 0 Å². The third-order valence-electron chi connectivity index (χ3n) is 7.24. The van der Waals surface area contributed by atoms with E-state index in [1.165, 1.54) is 46.8 Å². The molecule has 4 aromatic carbocycles. The van der Waals surface area contributed by atoms with E-state index in [1.54, 1.807) is 73.3 Å². The molecule has 1 aromatic heterocycles. The summed E-state index contributed by atoms with van der Waals surface area (Å²) in [5.74, 6) is -1.43. The molecular formula is C35H30N6O6S. The van der Waals surface area contributed by atoms with Crippen LogP contribution < -0.4 is 21.5 Å². The highest BCUT2D eigenvalue weighted by molar-refractivity contribution is 8.00. The van der Waals surface area contributed by atoms with Gasteiger partial charge in [-0.25, -0.2) is 4.68 Å². The van der Waals surface area contributed by atoms with Crippen LogP contribution >= 0.6 is 11.8 Å². The van der Waals surface area contributed by atoms with E-state index in [4.69, 9.17) is 0 Å². The summed E-state index contributed by atoms with van der Waals surface area (Å²) in [6.07, 6.45) is 1.42. The van der Waals surface area contributed by atoms with Crippen LogP contribution in [0.25, 0.3) is 11.8 Å². The van der Waals surface area contributed by atoms with Crippen molar-refractivity contribution in [1.82, 2.24) is 14.7 Å². The number of amides is 3. The van der Waals surface area contributed by atoms with Crippen molar-refractivity contribution in [3.8, 4) is 5.69 Å². The number of nitro groups is 1. The Morgan fingerprint density at radius 3 is 2.10 bits per heavy atom. The lowest BCUT2D eigenvalue weighted by Gasteiger charge is -2.12. The maximum absolute atomic E-state index is 13.3. The molecule has 3 amide bonds. The van der Waals surface area contributed by atoms with Gasteiger partial charge in [-0.3, -0.25) is 34.0 Å². The van der Waals surface area contributed by atoms with Crippen molar-refractivity contribution in [3.63, 3.8) is 0 Å². The van der Waals surface area contributed by atoms with Crippen LogP contribution in [0.5, 0.6) is 0 Å². The number of aromatic nitrogens is 2. The van der Waals surface area contributed by atoms with Gasteiger partial charge in [-0.15, -0.1) is 11.8 Å². The first-order valence-electron chi connectivity index (χ1n) is 14.6. The molecule has 0 saturated carbocycles. The molecule has 0 aliphatic heterocycles. The van der Waals surface area contributed by atoms with Gasteiger partial charge in [-0.1, -0.05) is 36.4 Å². The predicted octanol–water partition coefficient (Wildman–Crippen LogP) is 5.53. The lowest BCUT2D eigenvalue weighted by Crippen LogP contribution is -2.30. The van der Waals surface area contributed by atoms with Gasteiger partial charge >= 0.3 is 0 Å². The number of anilines is 2. The third-order valence-corrected chi connectivity index (χ3v) is 8.26. The van der Waals surface area contributed by atoms with Crippen LogP contribution in [0, 0.1) is 17.0 Å². The molecule has 0 bridgehead atoms. The number of carbonyl (C=O) groups excluding carboxylic acids is 3. The first-order chi connectivity index (χ1) is 23.1. The summed E-state index contributed by atoms with van der Waals surface area (Å²) in [4.78, 5) is 63.4. The minimum Gasteiger partial charge on any atom is -0.321 e. The van der Waals surface area contributed by atoms with E-state index in [0.29, 0.717) is 28.2 Å². The molecule has 12 nitrogen and oxygen atoms in total. The number of nitro benzene ring substituents is 1. The van der Waals surface area contributed by atoms with Gasteiger partial charge in [0, 0.05) is 35.3 Å². The summed E-state index contributed by atoms with van der Waals surface area (Å²) in [5.41, 5.74) is 2.23. The zero-order valence-electron chi connectivity index (χ0n) is 25.9. The van der Waals surface area contributed by atoms with E-state index >= 15 is 0 Å². The van der Waals surface area contributed by atoms with E-state index in [9.17, 15) is 29.3 Å². The van der Waals surface area contributed by atoms with Crippen LogP contribution in [0.3, 0.4) is 0 Å². The lowest BCUT2D eigenvalue weighted by molar-refractivity contribution is -0.384. The van der Waals surface area contributed by atoms with Crippen molar-refractivity contribution in [2.75, 3.05) is 16.4 Å². The van der Waals surface area contributed by atoms with Gasteiger partial charge in [0.2, 0.25) is 5.91 Å². The lowest BCUT2D eigenvalue weighted by atomic mass is 10.1. The molecule has 0 radical (unpaired) electrons. The highest BCUT2D eigenvalue weighted by atomic mass is 32.2. The Morgan fingerprint density at radius 1 is 0.854 bits per heavy atom. The number of benzene rings is 4. The van der Waals surface area contributed by atoms with Gasteiger partial charge in [-0.2, -0.15) is 0 Å². The molecule has 3 N–H and O–H groups in total. The van der Waals surface area contributed by atoms with Crippen LogP contribution in [-0.4, -0.2) is 37.8 Å². The fourth-order valence-corrected chi connectivity index (χ4v) is 5.37. The summed E-state index contributed by atoms with van der Waals surface area (Å²) < 4.78 is 3.18. The number of rotatable bonds is 11. The molecule has 5 aromatic rings. The van der Waals surface area contributed by atoms with Crippen molar-refractivity contribution in [2.45, 2.75) is 11.8 Å². The van der Waals surface area contributed by atoms with Gasteiger partial charge in [0.25, 0.3) is 23.1 Å². The van der Waals surface area contributed by atoms with Gasteiger partial charge in [0.15, 0.2) is 0 Å². The minimum atomic E-state index is -0.614. The number of thioether (sulfide) groups is 1. The summed E-state index contributed by atoms with van der Waals surface area (Å²) in [5, 5.41) is 19.2. The number of nitrogens with one attached hydrogen (secondary N) is 3. The van der Waals surface area contributed by atoms with E-state index in [0.717, 1.165) is 4.90 Å². The number of hydrogen-bond acceptors (Lipinski definition) is 7. The van der Waals surface area contributed by atoms with Gasteiger partial charge in [0.1, 0.15) is 11.4 Å². The van der Waals surface area contributed by atoms with Crippen LogP contribution in [0.2, 0.25) is 0 Å². The Hall–Kier alpha value is -6.21. The molecule has 1 heterocycles. The number of hydrogen-bond donors (Lipinski definition) is 3. The maximum atomic E-state index is 13.3. The quantitative estimate of drug-likeness (QED) is 0.0726. The predicted molar refractivity (Wildman–Crippen MR) is 185 cm³/mol. The summed E-state index contributed by atoms with van der Waals surface area (Å²) in [7, 11) is 1.75. The van der Waals surface area contributed by atoms with E-state index in [2.05, 4.69) is 16.0 Å². The molecule has 0 aliphatic rings. The molecule has 48 heavy (non-hydrogen) atoms. The van der Waals surface area contributed by atoms with Crippen molar-refractivity contribution in [3.05, 3.63) is 152 Å². The molecule has 0 saturated heterocycles. The number of non-ortho nitro benzene ring substituents is 1. The average Bonchev–Trinajstić information content (AvgIpc) is 3.31. The maximum Gasteiger partial charge on any atom is 0.295 e. The van der Waals surface area contributed by atoms with Crippen LogP contribution in [0.15, 0.2) is 125 Å². The Morgan fingerprint density at radius 2 is 1.48 bits per heavy atom. The van der Waals surface area contributed by atoms with Gasteiger partial charge in [-0.05, 0) is 79.2 Å². The fraction of sp³-hybridized carbons (Fsp3) is 0.0857. The fourth-order valence-electron chi connectivity index (χ4n) is 4.67. The normalized spacial score (nSPS) is 11.1. The largest absolute Gasteiger partial charge is 0.321 e. The average molecular weight is 663 g/mol. The second-order valence-corrected chi connectivity index (χ2v) is 11.5. The SMILES string of the molecule is Cc1c(NC(=O)CSc2ccc(NC(=O)/C(=C/c3ccc([N+](=O)[O-])cc3)NC(=O)c3ccccc3)cc2)c(=O)n(-c2ccccc2)n1C. The second kappa shape index (κ2) is 14.9. The number of carbonyl (C=O) groups is 3. The number of nitrogens with zero attached hydrogens (tertiary/aromatic N) is 3. The standard InChI is InChI=1S/C35H30N6O6S/c1-23-32(35(45)40(39(23)2)27-11-7-4-8-12-27)38-31(42)22-48-29-19-15-26(16-20-29)36-34(44)30(37-33(43)25-9-5-3-6-10-25)21-24-13-17-28(18-14-24)41(46)47/h3-21H,22H2,1-2H3,(H,36,44)(H,37,43)(H,38,42)/b30-21-. The molecule has 0 unspecified atom stereocenters. The number of para-hydroxylation sites is 1. The molecule has 0 spiro atoms. The molecular weight excluding hydrogens is 632 g/mol. The Labute approximate surface area is 279 Å². The molecule has 0 aliphatic carbocycles. The molecule has 242 valence electrons. The molecule has 5 rings (SSSR count). The van der Waals surface area contributed by atoms with Gasteiger partial charge < -0.3 is 16.0 Å². The van der Waals surface area contributed by atoms with Crippen LogP contribution in [0.1, 0.15) is 21.6 Å². The minimum absolute atomic E-state index is 0.0401. The molecule has 13 heteroatoms. The van der Waals surface area contributed by atoms with Crippen molar-refractivity contribution < 1.29 is 19.3 Å². The van der Waals surface area contributed by atoms with E-state index in [-0.39, 0.29) is 34.3 Å². The summed E-state index contributed by atoms with van der Waals surface area (Å²) >= 11 is 1.26. The van der Waals surface area contributed by atoms with Crippen LogP contribution in [0.4, 0.5) is 17.1 Å². The smallest absolute Gasteiger partial charge is 0.295 e. The molecule has 0 fully saturated rings. The Balaban J connectivity index is 1.24.